The van der Waals surface area contributed by atoms with E-state index in [0.717, 1.165) is 0 Å². The van der Waals surface area contributed by atoms with Gasteiger partial charge in [-0.15, -0.1) is 0 Å². The predicted molar refractivity (Wildman–Crippen MR) is 50.9 cm³/mol. The number of thiol groups is 1. The largest absolute Gasteiger partial charge is 0.352 e. The van der Waals surface area contributed by atoms with Gasteiger partial charge >= 0.3 is 0 Å². The van der Waals surface area contributed by atoms with E-state index in [0.29, 0.717) is 0 Å². The smallest absolute Gasteiger partial charge is 0.222 e. The third-order valence-electron chi connectivity index (χ3n) is 1.62. The fourth-order valence-electron chi connectivity index (χ4n) is 0.512. The van der Waals surface area contributed by atoms with Crippen molar-refractivity contribution in [3.8, 4) is 0 Å². The van der Waals surface area contributed by atoms with E-state index in [2.05, 4.69) is 17.9 Å². The van der Waals surface area contributed by atoms with Gasteiger partial charge in [0, 0.05) is 17.2 Å². The lowest BCUT2D eigenvalue weighted by molar-refractivity contribution is -0.124. The van der Waals surface area contributed by atoms with Gasteiger partial charge in [0.25, 0.3) is 0 Å². The second kappa shape index (κ2) is 4.65. The zero-order valence-corrected chi connectivity index (χ0v) is 8.48. The minimum absolute atomic E-state index is 0.0598. The van der Waals surface area contributed by atoms with Gasteiger partial charge in [0.15, 0.2) is 0 Å². The summed E-state index contributed by atoms with van der Waals surface area (Å²) in [7, 11) is 0. The van der Waals surface area contributed by atoms with Crippen LogP contribution >= 0.6 is 12.6 Å². The van der Waals surface area contributed by atoms with E-state index >= 15 is 0 Å². The molecule has 2 nitrogen and oxygen atoms in total. The second-order valence-electron chi connectivity index (χ2n) is 3.19. The molecule has 0 aliphatic rings. The van der Waals surface area contributed by atoms with Crippen molar-refractivity contribution in [2.75, 3.05) is 0 Å². The zero-order valence-electron chi connectivity index (χ0n) is 7.59. The summed E-state index contributed by atoms with van der Waals surface area (Å²) in [5.41, 5.74) is 0. The molecule has 0 aromatic heterocycles. The molecule has 0 spiro atoms. The van der Waals surface area contributed by atoms with Crippen LogP contribution in [0.15, 0.2) is 0 Å². The SMILES string of the molecule is CC(C)C(=O)NC(C)C(C)S. The molecule has 0 rings (SSSR count). The monoisotopic (exact) mass is 175 g/mol. The minimum atomic E-state index is 0.0598. The Morgan fingerprint density at radius 1 is 1.27 bits per heavy atom. The van der Waals surface area contributed by atoms with E-state index in [1.165, 1.54) is 0 Å². The molecule has 0 fully saturated rings. The highest BCUT2D eigenvalue weighted by atomic mass is 32.1. The highest BCUT2D eigenvalue weighted by Gasteiger charge is 2.13. The van der Waals surface area contributed by atoms with Gasteiger partial charge in [-0.1, -0.05) is 20.8 Å². The molecule has 0 aromatic rings. The quantitative estimate of drug-likeness (QED) is 0.625. The first-order chi connectivity index (χ1) is 4.95. The molecule has 0 aliphatic carbocycles. The van der Waals surface area contributed by atoms with Crippen LogP contribution in [0.4, 0.5) is 0 Å². The number of rotatable bonds is 3. The fourth-order valence-corrected chi connectivity index (χ4v) is 0.586. The van der Waals surface area contributed by atoms with Crippen LogP contribution in [-0.2, 0) is 4.79 Å². The Labute approximate surface area is 74.2 Å². The molecule has 0 aromatic carbocycles. The van der Waals surface area contributed by atoms with Crippen LogP contribution in [0.3, 0.4) is 0 Å². The third kappa shape index (κ3) is 4.30. The molecular formula is C8H17NOS. The Balaban J connectivity index is 3.76. The Bertz CT molecular complexity index is 134. The van der Waals surface area contributed by atoms with Crippen molar-refractivity contribution in [2.45, 2.75) is 39.0 Å². The van der Waals surface area contributed by atoms with Crippen molar-refractivity contribution < 1.29 is 4.79 Å². The predicted octanol–water partition coefficient (Wildman–Crippen LogP) is 1.47. The molecule has 3 heteroatoms. The first kappa shape index (κ1) is 10.8. The van der Waals surface area contributed by atoms with Gasteiger partial charge < -0.3 is 5.32 Å². The summed E-state index contributed by atoms with van der Waals surface area (Å²) in [5.74, 6) is 0.155. The molecule has 66 valence electrons. The molecule has 2 unspecified atom stereocenters. The maximum absolute atomic E-state index is 11.1. The molecule has 0 saturated carbocycles. The first-order valence-electron chi connectivity index (χ1n) is 3.93. The Morgan fingerprint density at radius 2 is 1.73 bits per heavy atom. The van der Waals surface area contributed by atoms with Crippen molar-refractivity contribution >= 4 is 18.5 Å². The van der Waals surface area contributed by atoms with Gasteiger partial charge in [0.05, 0.1) is 0 Å². The fraction of sp³-hybridized carbons (Fsp3) is 0.875. The normalized spacial score (nSPS) is 16.2. The highest BCUT2D eigenvalue weighted by Crippen LogP contribution is 2.01. The van der Waals surface area contributed by atoms with E-state index in [4.69, 9.17) is 0 Å². The average Bonchev–Trinajstić information content (AvgIpc) is 1.87. The third-order valence-corrected chi connectivity index (χ3v) is 2.07. The van der Waals surface area contributed by atoms with E-state index < -0.39 is 0 Å². The summed E-state index contributed by atoms with van der Waals surface area (Å²) >= 11 is 4.22. The van der Waals surface area contributed by atoms with Crippen LogP contribution < -0.4 is 5.32 Å². The summed E-state index contributed by atoms with van der Waals surface area (Å²) in [5, 5.41) is 3.07. The van der Waals surface area contributed by atoms with Gasteiger partial charge in [-0.3, -0.25) is 4.79 Å². The van der Waals surface area contributed by atoms with E-state index in [9.17, 15) is 4.79 Å². The lowest BCUT2D eigenvalue weighted by atomic mass is 10.2. The van der Waals surface area contributed by atoms with E-state index in [1.54, 1.807) is 0 Å². The van der Waals surface area contributed by atoms with Crippen LogP contribution in [0.1, 0.15) is 27.7 Å². The number of hydrogen-bond donors (Lipinski definition) is 2. The highest BCUT2D eigenvalue weighted by molar-refractivity contribution is 7.81. The maximum atomic E-state index is 11.1. The van der Waals surface area contributed by atoms with Crippen LogP contribution in [0.2, 0.25) is 0 Å². The van der Waals surface area contributed by atoms with Crippen molar-refractivity contribution in [3.63, 3.8) is 0 Å². The number of amides is 1. The van der Waals surface area contributed by atoms with Crippen molar-refractivity contribution in [1.29, 1.82) is 0 Å². The lowest BCUT2D eigenvalue weighted by Crippen LogP contribution is -2.39. The summed E-state index contributed by atoms with van der Waals surface area (Å²) in [6, 6.07) is 0.147. The minimum Gasteiger partial charge on any atom is -0.352 e. The van der Waals surface area contributed by atoms with E-state index in [1.807, 2.05) is 27.7 Å². The second-order valence-corrected chi connectivity index (χ2v) is 4.01. The molecule has 2 atom stereocenters. The Hall–Kier alpha value is -0.180. The molecule has 0 aliphatic heterocycles. The molecule has 1 N–H and O–H groups in total. The Kier molecular flexibility index (Phi) is 4.57. The maximum Gasteiger partial charge on any atom is 0.222 e. The van der Waals surface area contributed by atoms with Gasteiger partial charge in [-0.25, -0.2) is 0 Å². The van der Waals surface area contributed by atoms with Gasteiger partial charge in [0.1, 0.15) is 0 Å². The van der Waals surface area contributed by atoms with Gasteiger partial charge in [-0.2, -0.15) is 12.6 Å². The molecular weight excluding hydrogens is 158 g/mol. The first-order valence-corrected chi connectivity index (χ1v) is 4.45. The summed E-state index contributed by atoms with van der Waals surface area (Å²) in [6.07, 6.45) is 0. The van der Waals surface area contributed by atoms with Crippen LogP contribution in [-0.4, -0.2) is 17.2 Å². The molecule has 0 heterocycles. The van der Waals surface area contributed by atoms with Crippen LogP contribution in [0, 0.1) is 5.92 Å². The number of carbonyl (C=O) groups is 1. The number of hydrogen-bond acceptors (Lipinski definition) is 2. The summed E-state index contributed by atoms with van der Waals surface area (Å²) in [6.45, 7) is 7.68. The van der Waals surface area contributed by atoms with Gasteiger partial charge in [-0.05, 0) is 6.92 Å². The summed E-state index contributed by atoms with van der Waals surface area (Å²) in [4.78, 5) is 11.1. The zero-order chi connectivity index (χ0) is 9.02. The number of nitrogens with one attached hydrogen (secondary N) is 1. The van der Waals surface area contributed by atoms with E-state index in [-0.39, 0.29) is 23.1 Å². The average molecular weight is 175 g/mol. The molecule has 0 saturated heterocycles. The number of carbonyl (C=O) groups excluding carboxylic acids is 1. The van der Waals surface area contributed by atoms with Gasteiger partial charge in [0.2, 0.25) is 5.91 Å². The molecule has 0 bridgehead atoms. The van der Waals surface area contributed by atoms with Crippen LogP contribution in [0.25, 0.3) is 0 Å². The summed E-state index contributed by atoms with van der Waals surface area (Å²) < 4.78 is 0. The van der Waals surface area contributed by atoms with Crippen molar-refractivity contribution in [3.05, 3.63) is 0 Å². The Morgan fingerprint density at radius 3 is 2.00 bits per heavy atom. The molecule has 0 radical (unpaired) electrons. The molecule has 11 heavy (non-hydrogen) atoms. The van der Waals surface area contributed by atoms with Crippen molar-refractivity contribution in [1.82, 2.24) is 5.32 Å². The lowest BCUT2D eigenvalue weighted by Gasteiger charge is -2.17. The topological polar surface area (TPSA) is 29.1 Å². The van der Waals surface area contributed by atoms with Crippen molar-refractivity contribution in [2.24, 2.45) is 5.92 Å². The molecule has 1 amide bonds. The standard InChI is InChI=1S/C8H17NOS/c1-5(2)8(10)9-6(3)7(4)11/h5-7,11H,1-4H3,(H,9,10). The van der Waals surface area contributed by atoms with Crippen LogP contribution in [0.5, 0.6) is 0 Å².